The van der Waals surface area contributed by atoms with Crippen LogP contribution in [0.25, 0.3) is 21.5 Å². The Bertz CT molecular complexity index is 1100. The second-order valence-electron chi connectivity index (χ2n) is 7.46. The summed E-state index contributed by atoms with van der Waals surface area (Å²) in [5.41, 5.74) is 4.79. The van der Waals surface area contributed by atoms with Crippen LogP contribution >= 0.6 is 11.3 Å². The molecule has 0 radical (unpaired) electrons. The van der Waals surface area contributed by atoms with Crippen molar-refractivity contribution in [3.05, 3.63) is 59.8 Å². The molecule has 4 rings (SSSR count). The van der Waals surface area contributed by atoms with Crippen LogP contribution in [0.4, 0.5) is 10.8 Å². The van der Waals surface area contributed by atoms with Gasteiger partial charge in [0, 0.05) is 10.4 Å². The van der Waals surface area contributed by atoms with Crippen molar-refractivity contribution in [2.24, 2.45) is 0 Å². The number of pyridine rings is 1. The molecule has 27 heavy (non-hydrogen) atoms. The molecule has 0 spiro atoms. The van der Waals surface area contributed by atoms with Gasteiger partial charge in [-0.15, -0.1) is 11.3 Å². The van der Waals surface area contributed by atoms with Crippen molar-refractivity contribution in [1.29, 1.82) is 0 Å². The van der Waals surface area contributed by atoms with E-state index in [1.807, 2.05) is 18.2 Å². The molecule has 0 saturated heterocycles. The van der Waals surface area contributed by atoms with E-state index in [0.29, 0.717) is 11.4 Å². The number of carbonyl (C=O) groups is 1. The molecule has 136 valence electrons. The Labute approximate surface area is 161 Å². The number of aldehydes is 1. The average Bonchev–Trinajstić information content (AvgIpc) is 3.27. The fourth-order valence-corrected chi connectivity index (χ4v) is 3.92. The maximum atomic E-state index is 11.6. The summed E-state index contributed by atoms with van der Waals surface area (Å²) in [6, 6.07) is 14.2. The number of nitrogens with one attached hydrogen (secondary N) is 2. The molecule has 0 saturated carbocycles. The first-order valence-corrected chi connectivity index (χ1v) is 9.53. The van der Waals surface area contributed by atoms with Crippen LogP contribution in [0.5, 0.6) is 0 Å². The number of thiophene rings is 1. The lowest BCUT2D eigenvalue weighted by Crippen LogP contribution is -2.10. The highest BCUT2D eigenvalue weighted by molar-refractivity contribution is 7.19. The molecule has 0 aliphatic rings. The molecule has 0 fully saturated rings. The molecule has 0 aliphatic carbocycles. The number of hydrogen-bond acceptors (Lipinski definition) is 5. The average molecular weight is 376 g/mol. The van der Waals surface area contributed by atoms with Crippen LogP contribution in [0.3, 0.4) is 0 Å². The van der Waals surface area contributed by atoms with Gasteiger partial charge in [0.1, 0.15) is 16.3 Å². The maximum absolute atomic E-state index is 11.6. The number of benzene rings is 1. The van der Waals surface area contributed by atoms with E-state index in [1.165, 1.54) is 5.56 Å². The third-order valence-corrected chi connectivity index (χ3v) is 5.58. The smallest absolute Gasteiger partial charge is 0.153 e. The molecule has 2 N–H and O–H groups in total. The van der Waals surface area contributed by atoms with Crippen molar-refractivity contribution in [2.45, 2.75) is 26.2 Å². The van der Waals surface area contributed by atoms with Gasteiger partial charge in [-0.3, -0.25) is 9.89 Å². The van der Waals surface area contributed by atoms with Gasteiger partial charge in [0.2, 0.25) is 0 Å². The molecule has 0 atom stereocenters. The summed E-state index contributed by atoms with van der Waals surface area (Å²) in [4.78, 5) is 17.1. The van der Waals surface area contributed by atoms with Crippen LogP contribution in [0, 0.1) is 0 Å². The number of aromatic nitrogens is 3. The normalized spacial score (nSPS) is 11.7. The fraction of sp³-hybridized carbons (Fsp3) is 0.190. The van der Waals surface area contributed by atoms with Gasteiger partial charge in [0.25, 0.3) is 0 Å². The highest BCUT2D eigenvalue weighted by atomic mass is 32.1. The van der Waals surface area contributed by atoms with E-state index >= 15 is 0 Å². The van der Waals surface area contributed by atoms with E-state index in [2.05, 4.69) is 65.5 Å². The lowest BCUT2D eigenvalue weighted by atomic mass is 9.86. The molecular formula is C21H20N4OS. The predicted octanol–water partition coefficient (Wildman–Crippen LogP) is 5.54. The number of rotatable bonds is 4. The SMILES string of the molecule is CC(C)(C)c1ccc(-c2cc(C=O)c(Nc3ccc4[nH]ncc4n3)s2)cc1. The molecule has 0 bridgehead atoms. The minimum absolute atomic E-state index is 0.117. The second kappa shape index (κ2) is 6.63. The lowest BCUT2D eigenvalue weighted by Gasteiger charge is -2.18. The number of carbonyl (C=O) groups excluding carboxylic acids is 1. The third kappa shape index (κ3) is 3.48. The Morgan fingerprint density at radius 1 is 1.11 bits per heavy atom. The van der Waals surface area contributed by atoms with E-state index in [1.54, 1.807) is 17.5 Å². The maximum Gasteiger partial charge on any atom is 0.153 e. The summed E-state index contributed by atoms with van der Waals surface area (Å²) in [5, 5.41) is 10.9. The molecule has 3 heterocycles. The third-order valence-electron chi connectivity index (χ3n) is 4.46. The topological polar surface area (TPSA) is 70.7 Å². The van der Waals surface area contributed by atoms with Gasteiger partial charge in [-0.05, 0) is 34.7 Å². The first-order chi connectivity index (χ1) is 12.9. The van der Waals surface area contributed by atoms with E-state index in [0.717, 1.165) is 32.8 Å². The van der Waals surface area contributed by atoms with Gasteiger partial charge in [-0.1, -0.05) is 45.0 Å². The van der Waals surface area contributed by atoms with E-state index in [4.69, 9.17) is 0 Å². The molecule has 0 unspecified atom stereocenters. The Balaban J connectivity index is 1.64. The molecule has 3 aromatic heterocycles. The zero-order chi connectivity index (χ0) is 19.0. The van der Waals surface area contributed by atoms with Crippen LogP contribution in [0.2, 0.25) is 0 Å². The van der Waals surface area contributed by atoms with Crippen LogP contribution in [-0.4, -0.2) is 21.5 Å². The lowest BCUT2D eigenvalue weighted by molar-refractivity contribution is 0.112. The molecule has 5 nitrogen and oxygen atoms in total. The first-order valence-electron chi connectivity index (χ1n) is 8.71. The van der Waals surface area contributed by atoms with Gasteiger partial charge in [-0.2, -0.15) is 5.10 Å². The summed E-state index contributed by atoms with van der Waals surface area (Å²) in [5.74, 6) is 0.684. The zero-order valence-electron chi connectivity index (χ0n) is 15.4. The Morgan fingerprint density at radius 3 is 2.59 bits per heavy atom. The molecule has 0 aliphatic heterocycles. The quantitative estimate of drug-likeness (QED) is 0.459. The van der Waals surface area contributed by atoms with Crippen molar-refractivity contribution in [3.8, 4) is 10.4 Å². The standard InChI is InChI=1S/C21H20N4OS/c1-21(2,3)15-6-4-13(5-7-15)18-10-14(12-26)20(27-18)24-19-9-8-16-17(23-19)11-22-25-16/h4-12H,1-3H3,(H,22,25)(H,23,24). The van der Waals surface area contributed by atoms with Crippen LogP contribution < -0.4 is 5.32 Å². The monoisotopic (exact) mass is 376 g/mol. The Hall–Kier alpha value is -2.99. The van der Waals surface area contributed by atoms with E-state index in [9.17, 15) is 4.79 Å². The van der Waals surface area contributed by atoms with Crippen LogP contribution in [0.1, 0.15) is 36.7 Å². The van der Waals surface area contributed by atoms with Gasteiger partial charge in [-0.25, -0.2) is 4.98 Å². The summed E-state index contributed by atoms with van der Waals surface area (Å²) in [7, 11) is 0. The van der Waals surface area contributed by atoms with Crippen molar-refractivity contribution in [2.75, 3.05) is 5.32 Å². The molecule has 1 aromatic carbocycles. The fourth-order valence-electron chi connectivity index (χ4n) is 2.88. The number of nitrogens with zero attached hydrogens (tertiary/aromatic N) is 2. The molecule has 0 amide bonds. The van der Waals surface area contributed by atoms with Gasteiger partial charge >= 0.3 is 0 Å². The largest absolute Gasteiger partial charge is 0.331 e. The minimum Gasteiger partial charge on any atom is -0.331 e. The number of aromatic amines is 1. The number of fused-ring (bicyclic) bond motifs is 1. The summed E-state index contributed by atoms with van der Waals surface area (Å²) in [6.07, 6.45) is 2.56. The van der Waals surface area contributed by atoms with Crippen molar-refractivity contribution < 1.29 is 4.79 Å². The predicted molar refractivity (Wildman–Crippen MR) is 111 cm³/mol. The van der Waals surface area contributed by atoms with Crippen LogP contribution in [-0.2, 0) is 5.41 Å². The van der Waals surface area contributed by atoms with Gasteiger partial charge in [0.15, 0.2) is 6.29 Å². The highest BCUT2D eigenvalue weighted by Crippen LogP contribution is 2.37. The van der Waals surface area contributed by atoms with Gasteiger partial charge < -0.3 is 5.32 Å². The number of hydrogen-bond donors (Lipinski definition) is 2. The van der Waals surface area contributed by atoms with E-state index in [-0.39, 0.29) is 5.41 Å². The molecular weight excluding hydrogens is 356 g/mol. The number of H-pyrrole nitrogens is 1. The van der Waals surface area contributed by atoms with E-state index < -0.39 is 0 Å². The summed E-state index contributed by atoms with van der Waals surface area (Å²) in [6.45, 7) is 6.59. The summed E-state index contributed by atoms with van der Waals surface area (Å²) >= 11 is 1.55. The van der Waals surface area contributed by atoms with Crippen LogP contribution in [0.15, 0.2) is 48.7 Å². The van der Waals surface area contributed by atoms with Crippen molar-refractivity contribution >= 4 is 39.5 Å². The Kier molecular flexibility index (Phi) is 4.28. The highest BCUT2D eigenvalue weighted by Gasteiger charge is 2.15. The van der Waals surface area contributed by atoms with Crippen molar-refractivity contribution in [3.63, 3.8) is 0 Å². The molecule has 6 heteroatoms. The first kappa shape index (κ1) is 17.4. The number of anilines is 2. The Morgan fingerprint density at radius 2 is 1.89 bits per heavy atom. The molecule has 4 aromatic rings. The summed E-state index contributed by atoms with van der Waals surface area (Å²) < 4.78 is 0. The zero-order valence-corrected chi connectivity index (χ0v) is 16.2. The van der Waals surface area contributed by atoms with Gasteiger partial charge in [0.05, 0.1) is 11.7 Å². The minimum atomic E-state index is 0.117. The van der Waals surface area contributed by atoms with Crippen molar-refractivity contribution in [1.82, 2.24) is 15.2 Å². The second-order valence-corrected chi connectivity index (χ2v) is 8.52.